The quantitative estimate of drug-likeness (QED) is 0.583. The van der Waals surface area contributed by atoms with Crippen molar-refractivity contribution in [1.29, 1.82) is 0 Å². The molecule has 3 aromatic rings. The number of likely N-dealkylation sites (N-methyl/N-ethyl adjacent to an activating group) is 1. The van der Waals surface area contributed by atoms with Gasteiger partial charge in [0.15, 0.2) is 0 Å². The van der Waals surface area contributed by atoms with Gasteiger partial charge in [0.2, 0.25) is 0 Å². The first-order valence-electron chi connectivity index (χ1n) is 11.3. The van der Waals surface area contributed by atoms with Crippen LogP contribution in [0.5, 0.6) is 11.5 Å². The molecule has 3 aromatic carbocycles. The number of nitrogens with zero attached hydrogens (tertiary/aromatic N) is 3. The largest absolute Gasteiger partial charge is 0.457 e. The molecule has 0 spiro atoms. The van der Waals surface area contributed by atoms with Gasteiger partial charge in [-0.15, -0.1) is 0 Å². The van der Waals surface area contributed by atoms with Gasteiger partial charge in [-0.05, 0) is 67.1 Å². The highest BCUT2D eigenvalue weighted by molar-refractivity contribution is 5.98. The van der Waals surface area contributed by atoms with Crippen molar-refractivity contribution < 1.29 is 9.53 Å². The highest BCUT2D eigenvalue weighted by Crippen LogP contribution is 2.28. The summed E-state index contributed by atoms with van der Waals surface area (Å²) in [4.78, 5) is 19.6. The summed E-state index contributed by atoms with van der Waals surface area (Å²) < 4.78 is 5.87. The SMILES string of the molecule is CN1CCN(c2ccc3c(c2)CN(CCc2ccc(Oc4ccccc4)cc2)C3=O)CC1. The lowest BCUT2D eigenvalue weighted by Gasteiger charge is -2.34. The maximum atomic E-state index is 12.9. The summed E-state index contributed by atoms with van der Waals surface area (Å²) in [5, 5.41) is 0. The number of amides is 1. The highest BCUT2D eigenvalue weighted by atomic mass is 16.5. The molecule has 0 atom stereocenters. The topological polar surface area (TPSA) is 36.0 Å². The summed E-state index contributed by atoms with van der Waals surface area (Å²) in [5.41, 5.74) is 4.44. The van der Waals surface area contributed by atoms with E-state index in [4.69, 9.17) is 4.74 Å². The van der Waals surface area contributed by atoms with E-state index < -0.39 is 0 Å². The molecule has 1 fully saturated rings. The Kier molecular flexibility index (Phi) is 5.82. The van der Waals surface area contributed by atoms with Crippen molar-refractivity contribution in [3.63, 3.8) is 0 Å². The van der Waals surface area contributed by atoms with Gasteiger partial charge in [0.25, 0.3) is 5.91 Å². The summed E-state index contributed by atoms with van der Waals surface area (Å²) in [6.45, 7) is 5.66. The van der Waals surface area contributed by atoms with E-state index in [1.54, 1.807) is 0 Å². The number of ether oxygens (including phenoxy) is 1. The molecule has 5 nitrogen and oxygen atoms in total. The molecule has 0 aliphatic carbocycles. The van der Waals surface area contributed by atoms with E-state index in [1.165, 1.54) is 11.3 Å². The van der Waals surface area contributed by atoms with E-state index in [0.717, 1.165) is 61.8 Å². The zero-order chi connectivity index (χ0) is 21.9. The zero-order valence-electron chi connectivity index (χ0n) is 18.5. The second kappa shape index (κ2) is 9.05. The zero-order valence-corrected chi connectivity index (χ0v) is 18.5. The third-order valence-electron chi connectivity index (χ3n) is 6.41. The number of carbonyl (C=O) groups is 1. The third kappa shape index (κ3) is 4.48. The maximum Gasteiger partial charge on any atom is 0.254 e. The molecule has 0 radical (unpaired) electrons. The highest BCUT2D eigenvalue weighted by Gasteiger charge is 2.28. The van der Waals surface area contributed by atoms with Crippen molar-refractivity contribution in [3.05, 3.63) is 89.5 Å². The molecule has 0 saturated carbocycles. The lowest BCUT2D eigenvalue weighted by Crippen LogP contribution is -2.44. The van der Waals surface area contributed by atoms with Crippen LogP contribution in [0.15, 0.2) is 72.8 Å². The molecule has 32 heavy (non-hydrogen) atoms. The minimum absolute atomic E-state index is 0.147. The fourth-order valence-electron chi connectivity index (χ4n) is 4.42. The summed E-state index contributed by atoms with van der Waals surface area (Å²) >= 11 is 0. The second-order valence-corrected chi connectivity index (χ2v) is 8.67. The van der Waals surface area contributed by atoms with E-state index in [0.29, 0.717) is 6.54 Å². The van der Waals surface area contributed by atoms with E-state index in [9.17, 15) is 4.79 Å². The first-order chi connectivity index (χ1) is 15.7. The number of hydrogen-bond donors (Lipinski definition) is 0. The lowest BCUT2D eigenvalue weighted by molar-refractivity contribution is 0.0780. The standard InChI is InChI=1S/C27H29N3O2/c1-28-15-17-29(18-16-28)23-9-12-26-22(19-23)20-30(27(26)31)14-13-21-7-10-25(11-8-21)32-24-5-3-2-4-6-24/h2-12,19H,13-18,20H2,1H3. The van der Waals surface area contributed by atoms with Crippen molar-refractivity contribution in [2.75, 3.05) is 44.7 Å². The van der Waals surface area contributed by atoms with Crippen LogP contribution < -0.4 is 9.64 Å². The Hall–Kier alpha value is -3.31. The van der Waals surface area contributed by atoms with Gasteiger partial charge in [-0.1, -0.05) is 30.3 Å². The average molecular weight is 428 g/mol. The van der Waals surface area contributed by atoms with Crippen LogP contribution in [0, 0.1) is 0 Å². The van der Waals surface area contributed by atoms with Gasteiger partial charge in [0.05, 0.1) is 0 Å². The molecule has 0 N–H and O–H groups in total. The molecular formula is C27H29N3O2. The number of rotatable bonds is 6. The van der Waals surface area contributed by atoms with Gasteiger partial charge in [0, 0.05) is 50.5 Å². The number of para-hydroxylation sites is 1. The molecule has 5 rings (SSSR count). The second-order valence-electron chi connectivity index (χ2n) is 8.67. The van der Waals surface area contributed by atoms with Crippen LogP contribution in [0.25, 0.3) is 0 Å². The van der Waals surface area contributed by atoms with Gasteiger partial charge < -0.3 is 19.4 Å². The number of benzene rings is 3. The summed E-state index contributed by atoms with van der Waals surface area (Å²) in [6, 6.07) is 24.3. The Bertz CT molecular complexity index is 1070. The molecule has 0 unspecified atom stereocenters. The molecule has 0 bridgehead atoms. The predicted molar refractivity (Wildman–Crippen MR) is 128 cm³/mol. The number of fused-ring (bicyclic) bond motifs is 1. The first-order valence-corrected chi connectivity index (χ1v) is 11.3. The van der Waals surface area contributed by atoms with Crippen molar-refractivity contribution >= 4 is 11.6 Å². The van der Waals surface area contributed by atoms with Gasteiger partial charge >= 0.3 is 0 Å². The van der Waals surface area contributed by atoms with Crippen molar-refractivity contribution in [3.8, 4) is 11.5 Å². The van der Waals surface area contributed by atoms with E-state index in [2.05, 4.69) is 41.1 Å². The molecule has 1 saturated heterocycles. The van der Waals surface area contributed by atoms with Crippen molar-refractivity contribution in [2.45, 2.75) is 13.0 Å². The molecule has 0 aromatic heterocycles. The monoisotopic (exact) mass is 427 g/mol. The van der Waals surface area contributed by atoms with Crippen LogP contribution in [0.4, 0.5) is 5.69 Å². The molecular weight excluding hydrogens is 398 g/mol. The fraction of sp³-hybridized carbons (Fsp3) is 0.296. The van der Waals surface area contributed by atoms with Crippen LogP contribution in [0.3, 0.4) is 0 Å². The minimum Gasteiger partial charge on any atom is -0.457 e. The Morgan fingerprint density at radius 2 is 1.56 bits per heavy atom. The number of piperazine rings is 1. The molecule has 2 heterocycles. The van der Waals surface area contributed by atoms with Gasteiger partial charge in [0.1, 0.15) is 11.5 Å². The van der Waals surface area contributed by atoms with Gasteiger partial charge in [-0.3, -0.25) is 4.79 Å². The number of hydrogen-bond acceptors (Lipinski definition) is 4. The van der Waals surface area contributed by atoms with Crippen LogP contribution >= 0.6 is 0 Å². The molecule has 2 aliphatic heterocycles. The van der Waals surface area contributed by atoms with Crippen LogP contribution in [0.1, 0.15) is 21.5 Å². The van der Waals surface area contributed by atoms with Crippen LogP contribution in [0.2, 0.25) is 0 Å². The normalized spacial score (nSPS) is 16.3. The molecule has 1 amide bonds. The molecule has 164 valence electrons. The molecule has 2 aliphatic rings. The van der Waals surface area contributed by atoms with E-state index >= 15 is 0 Å². The van der Waals surface area contributed by atoms with E-state index in [-0.39, 0.29) is 5.91 Å². The Labute approximate surface area is 189 Å². The lowest BCUT2D eigenvalue weighted by atomic mass is 10.1. The molecule has 5 heteroatoms. The first kappa shape index (κ1) is 20.6. The summed E-state index contributed by atoms with van der Waals surface area (Å²) in [6.07, 6.45) is 0.830. The summed E-state index contributed by atoms with van der Waals surface area (Å²) in [7, 11) is 2.17. The van der Waals surface area contributed by atoms with Crippen LogP contribution in [-0.2, 0) is 13.0 Å². The van der Waals surface area contributed by atoms with Gasteiger partial charge in [-0.25, -0.2) is 0 Å². The Morgan fingerprint density at radius 3 is 2.31 bits per heavy atom. The minimum atomic E-state index is 0.147. The smallest absolute Gasteiger partial charge is 0.254 e. The number of anilines is 1. The average Bonchev–Trinajstić information content (AvgIpc) is 3.14. The van der Waals surface area contributed by atoms with Crippen molar-refractivity contribution in [1.82, 2.24) is 9.80 Å². The van der Waals surface area contributed by atoms with Crippen molar-refractivity contribution in [2.24, 2.45) is 0 Å². The Balaban J connectivity index is 1.18. The Morgan fingerprint density at radius 1 is 0.844 bits per heavy atom. The van der Waals surface area contributed by atoms with Gasteiger partial charge in [-0.2, -0.15) is 0 Å². The maximum absolute atomic E-state index is 12.9. The predicted octanol–water partition coefficient (Wildman–Crippen LogP) is 4.43. The third-order valence-corrected chi connectivity index (χ3v) is 6.41. The number of carbonyl (C=O) groups excluding carboxylic acids is 1. The van der Waals surface area contributed by atoms with E-state index in [1.807, 2.05) is 53.4 Å². The summed E-state index contributed by atoms with van der Waals surface area (Å²) in [5.74, 6) is 1.80. The fourth-order valence-corrected chi connectivity index (χ4v) is 4.42. The van der Waals surface area contributed by atoms with Crippen LogP contribution in [-0.4, -0.2) is 55.5 Å².